The van der Waals surface area contributed by atoms with Gasteiger partial charge in [-0.25, -0.2) is 13.8 Å². The van der Waals surface area contributed by atoms with Crippen molar-refractivity contribution in [1.29, 1.82) is 0 Å². The lowest BCUT2D eigenvalue weighted by molar-refractivity contribution is -0.133. The number of anilines is 1. The highest BCUT2D eigenvalue weighted by atomic mass is 32.2. The molecule has 10 heteroatoms. The molecule has 1 aromatic carbocycles. The SMILES string of the molecule is CC(F)(F)c1ccc2c(C(=O)Nc3ncc(SCC(=O)O)s3)cn(CC3CC3)c2c1. The zero-order valence-electron chi connectivity index (χ0n) is 16.0. The lowest BCUT2D eigenvalue weighted by Crippen LogP contribution is -2.11. The summed E-state index contributed by atoms with van der Waals surface area (Å²) in [6.07, 6.45) is 5.42. The number of hydrogen-bond donors (Lipinski definition) is 2. The van der Waals surface area contributed by atoms with Crippen molar-refractivity contribution in [2.24, 2.45) is 5.92 Å². The van der Waals surface area contributed by atoms with E-state index in [2.05, 4.69) is 10.3 Å². The molecule has 0 spiro atoms. The molecule has 4 rings (SSSR count). The highest BCUT2D eigenvalue weighted by molar-refractivity contribution is 8.01. The van der Waals surface area contributed by atoms with Gasteiger partial charge in [-0.1, -0.05) is 23.5 Å². The molecule has 2 aromatic heterocycles. The number of carbonyl (C=O) groups excluding carboxylic acids is 1. The van der Waals surface area contributed by atoms with E-state index in [1.807, 2.05) is 4.57 Å². The molecule has 1 saturated carbocycles. The van der Waals surface area contributed by atoms with Crippen LogP contribution >= 0.6 is 23.1 Å². The van der Waals surface area contributed by atoms with E-state index in [-0.39, 0.29) is 17.2 Å². The van der Waals surface area contributed by atoms with E-state index < -0.39 is 11.9 Å². The van der Waals surface area contributed by atoms with Crippen molar-refractivity contribution in [2.75, 3.05) is 11.1 Å². The van der Waals surface area contributed by atoms with Crippen LogP contribution < -0.4 is 5.32 Å². The number of nitrogens with zero attached hydrogens (tertiary/aromatic N) is 2. The van der Waals surface area contributed by atoms with Gasteiger partial charge < -0.3 is 9.67 Å². The molecule has 0 bridgehead atoms. The van der Waals surface area contributed by atoms with Crippen LogP contribution in [0.2, 0.25) is 0 Å². The third-order valence-corrected chi connectivity index (χ3v) is 6.92. The summed E-state index contributed by atoms with van der Waals surface area (Å²) in [7, 11) is 0. The van der Waals surface area contributed by atoms with Crippen molar-refractivity contribution < 1.29 is 23.5 Å². The van der Waals surface area contributed by atoms with Gasteiger partial charge in [0.1, 0.15) is 0 Å². The Kier molecular flexibility index (Phi) is 5.54. The summed E-state index contributed by atoms with van der Waals surface area (Å²) in [5.41, 5.74) is 0.923. The van der Waals surface area contributed by atoms with Crippen LogP contribution in [-0.4, -0.2) is 32.3 Å². The van der Waals surface area contributed by atoms with Gasteiger partial charge in [-0.15, -0.1) is 11.8 Å². The van der Waals surface area contributed by atoms with Crippen LogP contribution in [0.3, 0.4) is 0 Å². The van der Waals surface area contributed by atoms with Crippen LogP contribution in [0, 0.1) is 5.92 Å². The van der Waals surface area contributed by atoms with E-state index in [1.54, 1.807) is 12.3 Å². The van der Waals surface area contributed by atoms with Crippen molar-refractivity contribution in [3.05, 3.63) is 41.7 Å². The Balaban J connectivity index is 1.61. The predicted molar refractivity (Wildman–Crippen MR) is 113 cm³/mol. The van der Waals surface area contributed by atoms with Crippen molar-refractivity contribution >= 4 is 51.0 Å². The third-order valence-electron chi connectivity index (χ3n) is 4.83. The molecule has 158 valence electrons. The molecule has 0 unspecified atom stereocenters. The first-order valence-electron chi connectivity index (χ1n) is 9.33. The Labute approximate surface area is 179 Å². The van der Waals surface area contributed by atoms with E-state index in [9.17, 15) is 18.4 Å². The molecule has 3 aromatic rings. The highest BCUT2D eigenvalue weighted by Crippen LogP contribution is 2.36. The number of fused-ring (bicyclic) bond motifs is 1. The molecule has 0 radical (unpaired) electrons. The fraction of sp³-hybridized carbons (Fsp3) is 0.350. The maximum absolute atomic E-state index is 13.8. The maximum atomic E-state index is 13.8. The minimum atomic E-state index is -2.96. The number of carboxylic acids is 1. The Morgan fingerprint density at radius 3 is 2.83 bits per heavy atom. The monoisotopic (exact) mass is 451 g/mol. The number of carbonyl (C=O) groups is 2. The minimum absolute atomic E-state index is 0.0860. The number of halogens is 2. The number of thioether (sulfide) groups is 1. The predicted octanol–water partition coefficient (Wildman–Crippen LogP) is 5.05. The summed E-state index contributed by atoms with van der Waals surface area (Å²) < 4.78 is 30.2. The average molecular weight is 452 g/mol. The third kappa shape index (κ3) is 4.65. The fourth-order valence-corrected chi connectivity index (χ4v) is 4.74. The topological polar surface area (TPSA) is 84.2 Å². The van der Waals surface area contributed by atoms with Crippen molar-refractivity contribution in [3.63, 3.8) is 0 Å². The quantitative estimate of drug-likeness (QED) is 0.468. The van der Waals surface area contributed by atoms with Gasteiger partial charge in [0.15, 0.2) is 5.13 Å². The van der Waals surface area contributed by atoms with E-state index >= 15 is 0 Å². The lowest BCUT2D eigenvalue weighted by atomic mass is 10.1. The first-order valence-corrected chi connectivity index (χ1v) is 11.1. The van der Waals surface area contributed by atoms with Gasteiger partial charge in [-0.2, -0.15) is 0 Å². The van der Waals surface area contributed by atoms with Gasteiger partial charge in [0.05, 0.1) is 21.7 Å². The molecule has 2 heterocycles. The molecule has 6 nitrogen and oxygen atoms in total. The molecule has 1 fully saturated rings. The molecule has 2 N–H and O–H groups in total. The van der Waals surface area contributed by atoms with Crippen molar-refractivity contribution in [2.45, 2.75) is 36.4 Å². The second kappa shape index (κ2) is 7.99. The average Bonchev–Trinajstić information content (AvgIpc) is 3.26. The largest absolute Gasteiger partial charge is 0.481 e. The zero-order chi connectivity index (χ0) is 21.5. The Hall–Kier alpha value is -2.46. The molecule has 0 atom stereocenters. The molecule has 1 aliphatic rings. The summed E-state index contributed by atoms with van der Waals surface area (Å²) >= 11 is 2.31. The first-order chi connectivity index (χ1) is 14.2. The lowest BCUT2D eigenvalue weighted by Gasteiger charge is -2.11. The number of carboxylic acid groups (broad SMARTS) is 1. The van der Waals surface area contributed by atoms with Gasteiger partial charge in [0.25, 0.3) is 11.8 Å². The van der Waals surface area contributed by atoms with Gasteiger partial charge in [0.2, 0.25) is 0 Å². The molecule has 0 aliphatic heterocycles. The molecule has 1 amide bonds. The van der Waals surface area contributed by atoms with Gasteiger partial charge in [0, 0.05) is 36.1 Å². The number of nitrogens with one attached hydrogen (secondary N) is 1. The summed E-state index contributed by atoms with van der Waals surface area (Å²) in [5, 5.41) is 12.5. The number of thiazole rings is 1. The maximum Gasteiger partial charge on any atom is 0.313 e. The van der Waals surface area contributed by atoms with E-state index in [1.165, 1.54) is 29.7 Å². The van der Waals surface area contributed by atoms with Crippen LogP contribution in [0.5, 0.6) is 0 Å². The van der Waals surface area contributed by atoms with Crippen LogP contribution in [0.25, 0.3) is 10.9 Å². The van der Waals surface area contributed by atoms with Crippen LogP contribution in [0.1, 0.15) is 35.7 Å². The molecule has 30 heavy (non-hydrogen) atoms. The number of benzene rings is 1. The first kappa shape index (κ1) is 20.8. The molecular weight excluding hydrogens is 432 g/mol. The smallest absolute Gasteiger partial charge is 0.313 e. The van der Waals surface area contributed by atoms with Gasteiger partial charge in [-0.05, 0) is 24.8 Å². The number of aromatic nitrogens is 2. The number of alkyl halides is 2. The summed E-state index contributed by atoms with van der Waals surface area (Å²) in [6.45, 7) is 1.55. The summed E-state index contributed by atoms with van der Waals surface area (Å²) in [5.74, 6) is -3.85. The minimum Gasteiger partial charge on any atom is -0.481 e. The Bertz CT molecular complexity index is 1120. The van der Waals surface area contributed by atoms with Crippen molar-refractivity contribution in [1.82, 2.24) is 9.55 Å². The van der Waals surface area contributed by atoms with Crippen LogP contribution in [-0.2, 0) is 17.3 Å². The van der Waals surface area contributed by atoms with E-state index in [0.717, 1.165) is 31.5 Å². The number of aliphatic carboxylic acids is 1. The number of amides is 1. The summed E-state index contributed by atoms with van der Waals surface area (Å²) in [4.78, 5) is 27.7. The molecule has 0 saturated heterocycles. The highest BCUT2D eigenvalue weighted by Gasteiger charge is 2.28. The number of hydrogen-bond acceptors (Lipinski definition) is 5. The van der Waals surface area contributed by atoms with E-state index in [0.29, 0.717) is 38.3 Å². The van der Waals surface area contributed by atoms with Crippen LogP contribution in [0.15, 0.2) is 34.8 Å². The van der Waals surface area contributed by atoms with Crippen LogP contribution in [0.4, 0.5) is 13.9 Å². The summed E-state index contributed by atoms with van der Waals surface area (Å²) in [6, 6.07) is 4.37. The van der Waals surface area contributed by atoms with Crippen molar-refractivity contribution in [3.8, 4) is 0 Å². The Morgan fingerprint density at radius 1 is 1.40 bits per heavy atom. The normalized spacial score (nSPS) is 14.2. The second-order valence-corrected chi connectivity index (χ2v) is 9.69. The molecular formula is C20H19F2N3O3S2. The Morgan fingerprint density at radius 2 is 2.17 bits per heavy atom. The standard InChI is InChI=1S/C20H19F2N3O3S2/c1-20(21,22)12-4-5-13-14(9-25(15(13)6-12)8-11-2-3-11)18(28)24-19-23-7-17(30-19)29-10-16(26)27/h4-7,9,11H,2-3,8,10H2,1H3,(H,26,27)(H,23,24,28). The van der Waals surface area contributed by atoms with E-state index in [4.69, 9.17) is 5.11 Å². The molecule has 1 aliphatic carbocycles. The second-order valence-electron chi connectivity index (χ2n) is 7.38. The number of rotatable bonds is 8. The van der Waals surface area contributed by atoms with Gasteiger partial charge in [-0.3, -0.25) is 14.9 Å². The van der Waals surface area contributed by atoms with Gasteiger partial charge >= 0.3 is 5.97 Å². The fourth-order valence-electron chi connectivity index (χ4n) is 3.16. The zero-order valence-corrected chi connectivity index (χ0v) is 17.7.